The quantitative estimate of drug-likeness (QED) is 0.783. The van der Waals surface area contributed by atoms with Crippen LogP contribution in [0, 0.1) is 0 Å². The predicted molar refractivity (Wildman–Crippen MR) is 75.3 cm³/mol. The zero-order valence-electron chi connectivity index (χ0n) is 11.9. The van der Waals surface area contributed by atoms with Gasteiger partial charge in [-0.25, -0.2) is 4.98 Å². The molecule has 1 fully saturated rings. The maximum Gasteiger partial charge on any atom is 0.305 e. The Bertz CT molecular complexity index is 610. The molecular weight excluding hydrogens is 276 g/mol. The van der Waals surface area contributed by atoms with Crippen molar-refractivity contribution in [2.45, 2.75) is 32.4 Å². The molecule has 1 saturated heterocycles. The molecule has 1 atom stereocenters. The van der Waals surface area contributed by atoms with Crippen LogP contribution in [0.2, 0.25) is 0 Å². The van der Waals surface area contributed by atoms with E-state index in [2.05, 4.69) is 10.3 Å². The summed E-state index contributed by atoms with van der Waals surface area (Å²) in [6, 6.07) is -0.963. The minimum Gasteiger partial charge on any atom is -0.481 e. The summed E-state index contributed by atoms with van der Waals surface area (Å²) in [5.74, 6) is -1.38. The van der Waals surface area contributed by atoms with E-state index in [0.29, 0.717) is 13.1 Å². The van der Waals surface area contributed by atoms with Crippen molar-refractivity contribution >= 4 is 17.7 Å². The molecule has 0 bridgehead atoms. The zero-order valence-corrected chi connectivity index (χ0v) is 11.9. The molecule has 2 rings (SSSR count). The van der Waals surface area contributed by atoms with Crippen LogP contribution in [0.25, 0.3) is 0 Å². The van der Waals surface area contributed by atoms with E-state index in [0.717, 1.165) is 0 Å². The van der Waals surface area contributed by atoms with Crippen LogP contribution in [-0.4, -0.2) is 45.7 Å². The van der Waals surface area contributed by atoms with Crippen LogP contribution >= 0.6 is 0 Å². The minimum atomic E-state index is -1.10. The summed E-state index contributed by atoms with van der Waals surface area (Å²) >= 11 is 0. The number of aromatic nitrogens is 2. The first-order chi connectivity index (χ1) is 9.91. The Balaban J connectivity index is 2.43. The molecule has 1 aliphatic rings. The van der Waals surface area contributed by atoms with E-state index in [4.69, 9.17) is 5.11 Å². The average molecular weight is 294 g/mol. The highest BCUT2D eigenvalue weighted by atomic mass is 16.4. The third-order valence-electron chi connectivity index (χ3n) is 3.38. The molecule has 1 aromatic rings. The van der Waals surface area contributed by atoms with Crippen molar-refractivity contribution in [3.63, 3.8) is 0 Å². The first-order valence-electron chi connectivity index (χ1n) is 6.75. The number of aliphatic carboxylic acids is 1. The van der Waals surface area contributed by atoms with Crippen molar-refractivity contribution < 1.29 is 14.7 Å². The number of carboxylic acid groups (broad SMARTS) is 1. The van der Waals surface area contributed by atoms with Crippen LogP contribution in [0.4, 0.5) is 5.82 Å². The SMILES string of the molecule is CC(C)n1ccnc(N2CCNC(=O)C2CC(=O)O)c1=O. The number of hydrogen-bond acceptors (Lipinski definition) is 5. The van der Waals surface area contributed by atoms with Gasteiger partial charge >= 0.3 is 5.97 Å². The fourth-order valence-electron chi connectivity index (χ4n) is 2.35. The van der Waals surface area contributed by atoms with Gasteiger partial charge in [-0.1, -0.05) is 0 Å². The van der Waals surface area contributed by atoms with Gasteiger partial charge in [0.15, 0.2) is 5.82 Å². The standard InChI is InChI=1S/C13H18N4O4/c1-8(2)16-5-3-14-11(13(16)21)17-6-4-15-12(20)9(17)7-10(18)19/h3,5,8-9H,4,6-7H2,1-2H3,(H,15,20)(H,18,19). The summed E-state index contributed by atoms with van der Waals surface area (Å²) in [6.45, 7) is 4.44. The topological polar surface area (TPSA) is 105 Å². The lowest BCUT2D eigenvalue weighted by Crippen LogP contribution is -2.57. The van der Waals surface area contributed by atoms with Gasteiger partial charge < -0.3 is 19.9 Å². The Labute approximate surface area is 121 Å². The van der Waals surface area contributed by atoms with Crippen molar-refractivity contribution in [2.24, 2.45) is 0 Å². The second-order valence-electron chi connectivity index (χ2n) is 5.16. The predicted octanol–water partition coefficient (Wildman–Crippen LogP) is -0.396. The number of nitrogens with one attached hydrogen (secondary N) is 1. The number of carbonyl (C=O) groups is 2. The van der Waals surface area contributed by atoms with Gasteiger partial charge in [0.1, 0.15) is 6.04 Å². The molecule has 0 aromatic carbocycles. The van der Waals surface area contributed by atoms with Crippen LogP contribution in [-0.2, 0) is 9.59 Å². The van der Waals surface area contributed by atoms with Gasteiger partial charge in [-0.2, -0.15) is 0 Å². The Morgan fingerprint density at radius 1 is 1.52 bits per heavy atom. The van der Waals surface area contributed by atoms with Gasteiger partial charge in [0.2, 0.25) is 5.91 Å². The number of anilines is 1. The van der Waals surface area contributed by atoms with Crippen LogP contribution in [0.3, 0.4) is 0 Å². The molecule has 0 aliphatic carbocycles. The second kappa shape index (κ2) is 5.94. The molecule has 21 heavy (non-hydrogen) atoms. The van der Waals surface area contributed by atoms with Gasteiger partial charge in [-0.05, 0) is 13.8 Å². The first-order valence-corrected chi connectivity index (χ1v) is 6.75. The molecule has 8 nitrogen and oxygen atoms in total. The summed E-state index contributed by atoms with van der Waals surface area (Å²) < 4.78 is 1.51. The number of rotatable bonds is 4. The molecule has 0 saturated carbocycles. The number of carboxylic acids is 1. The fraction of sp³-hybridized carbons (Fsp3) is 0.538. The number of amides is 1. The Morgan fingerprint density at radius 2 is 2.24 bits per heavy atom. The molecule has 2 N–H and O–H groups in total. The summed E-state index contributed by atoms with van der Waals surface area (Å²) in [6.07, 6.45) is 2.69. The Hall–Kier alpha value is -2.38. The normalized spacial score (nSPS) is 18.7. The molecule has 8 heteroatoms. The maximum absolute atomic E-state index is 12.4. The lowest BCUT2D eigenvalue weighted by atomic mass is 10.1. The molecule has 114 valence electrons. The van der Waals surface area contributed by atoms with Crippen molar-refractivity contribution in [3.8, 4) is 0 Å². The van der Waals surface area contributed by atoms with E-state index < -0.39 is 17.9 Å². The summed E-state index contributed by atoms with van der Waals surface area (Å²) in [5, 5.41) is 11.6. The van der Waals surface area contributed by atoms with Gasteiger partial charge in [0.05, 0.1) is 6.42 Å². The first kappa shape index (κ1) is 15.0. The lowest BCUT2D eigenvalue weighted by Gasteiger charge is -2.34. The van der Waals surface area contributed by atoms with E-state index in [9.17, 15) is 14.4 Å². The molecule has 1 aromatic heterocycles. The largest absolute Gasteiger partial charge is 0.481 e. The number of piperazine rings is 1. The molecule has 0 radical (unpaired) electrons. The summed E-state index contributed by atoms with van der Waals surface area (Å²) in [5.41, 5.74) is -0.322. The summed E-state index contributed by atoms with van der Waals surface area (Å²) in [7, 11) is 0. The smallest absolute Gasteiger partial charge is 0.305 e. The highest BCUT2D eigenvalue weighted by Gasteiger charge is 2.34. The average Bonchev–Trinajstić information content (AvgIpc) is 2.41. The van der Waals surface area contributed by atoms with Crippen LogP contribution in [0.15, 0.2) is 17.2 Å². The highest BCUT2D eigenvalue weighted by molar-refractivity contribution is 5.90. The van der Waals surface area contributed by atoms with Gasteiger partial charge in [0.25, 0.3) is 5.56 Å². The van der Waals surface area contributed by atoms with Crippen molar-refractivity contribution in [2.75, 3.05) is 18.0 Å². The Kier molecular flexibility index (Phi) is 4.25. The van der Waals surface area contributed by atoms with Crippen molar-refractivity contribution in [1.29, 1.82) is 0 Å². The molecular formula is C13H18N4O4. The third kappa shape index (κ3) is 3.04. The monoisotopic (exact) mass is 294 g/mol. The molecule has 1 amide bonds. The maximum atomic E-state index is 12.4. The van der Waals surface area contributed by atoms with Crippen molar-refractivity contribution in [3.05, 3.63) is 22.7 Å². The minimum absolute atomic E-state index is 0.0456. The van der Waals surface area contributed by atoms with E-state index in [1.807, 2.05) is 13.8 Å². The van der Waals surface area contributed by atoms with Crippen molar-refractivity contribution in [1.82, 2.24) is 14.9 Å². The van der Waals surface area contributed by atoms with Crippen LogP contribution < -0.4 is 15.8 Å². The lowest BCUT2D eigenvalue weighted by molar-refractivity contribution is -0.139. The third-order valence-corrected chi connectivity index (χ3v) is 3.38. The van der Waals surface area contributed by atoms with E-state index >= 15 is 0 Å². The van der Waals surface area contributed by atoms with Crippen LogP contribution in [0.5, 0.6) is 0 Å². The van der Waals surface area contributed by atoms with E-state index in [-0.39, 0.29) is 23.8 Å². The summed E-state index contributed by atoms with van der Waals surface area (Å²) in [4.78, 5) is 40.8. The molecule has 2 heterocycles. The van der Waals surface area contributed by atoms with Crippen LogP contribution in [0.1, 0.15) is 26.3 Å². The van der Waals surface area contributed by atoms with Gasteiger partial charge in [-0.3, -0.25) is 14.4 Å². The number of carbonyl (C=O) groups excluding carboxylic acids is 1. The number of hydrogen-bond donors (Lipinski definition) is 2. The zero-order chi connectivity index (χ0) is 15.6. The van der Waals surface area contributed by atoms with E-state index in [1.165, 1.54) is 15.7 Å². The molecule has 1 aliphatic heterocycles. The number of nitrogens with zero attached hydrogens (tertiary/aromatic N) is 3. The van der Waals surface area contributed by atoms with Gasteiger partial charge in [-0.15, -0.1) is 0 Å². The van der Waals surface area contributed by atoms with Gasteiger partial charge in [0, 0.05) is 31.5 Å². The highest BCUT2D eigenvalue weighted by Crippen LogP contribution is 2.15. The fourth-order valence-corrected chi connectivity index (χ4v) is 2.35. The van der Waals surface area contributed by atoms with E-state index in [1.54, 1.807) is 6.20 Å². The molecule has 1 unspecified atom stereocenters. The Morgan fingerprint density at radius 3 is 2.86 bits per heavy atom. The molecule has 0 spiro atoms. The second-order valence-corrected chi connectivity index (χ2v) is 5.16.